The number of hydrogen-bond acceptors (Lipinski definition) is 1. The van der Waals surface area contributed by atoms with Crippen LogP contribution in [0.1, 0.15) is 66.2 Å². The monoisotopic (exact) mass is 225 g/mol. The van der Waals surface area contributed by atoms with E-state index in [1.54, 1.807) is 0 Å². The fraction of sp³-hybridized carbons (Fsp3) is 0.867. The van der Waals surface area contributed by atoms with Crippen LogP contribution in [0.5, 0.6) is 0 Å². The first-order valence-corrected chi connectivity index (χ1v) is 7.03. The summed E-state index contributed by atoms with van der Waals surface area (Å²) in [5.74, 6) is 0.822. The topological polar surface area (TPSA) is 12.0 Å². The van der Waals surface area contributed by atoms with Crippen LogP contribution in [0.3, 0.4) is 0 Å². The molecule has 0 amide bonds. The molecule has 1 nitrogen and oxygen atoms in total. The Morgan fingerprint density at radius 3 is 2.31 bits per heavy atom. The minimum Gasteiger partial charge on any atom is -0.313 e. The van der Waals surface area contributed by atoms with Crippen molar-refractivity contribution >= 4 is 0 Å². The van der Waals surface area contributed by atoms with Crippen LogP contribution in [0.15, 0.2) is 12.2 Å². The maximum atomic E-state index is 4.06. The Morgan fingerprint density at radius 2 is 1.88 bits per heavy atom. The smallest absolute Gasteiger partial charge is 0.0132 e. The zero-order valence-electron chi connectivity index (χ0n) is 11.8. The maximum absolute atomic E-state index is 4.06. The molecule has 0 fully saturated rings. The van der Waals surface area contributed by atoms with Crippen molar-refractivity contribution in [3.05, 3.63) is 12.2 Å². The lowest BCUT2D eigenvalue weighted by atomic mass is 9.88. The number of nitrogens with one attached hydrogen (secondary N) is 1. The van der Waals surface area contributed by atoms with Gasteiger partial charge in [0, 0.05) is 6.04 Å². The molecular formula is C15H31N. The molecule has 0 rings (SSSR count). The summed E-state index contributed by atoms with van der Waals surface area (Å²) in [5.41, 5.74) is 1.31. The summed E-state index contributed by atoms with van der Waals surface area (Å²) in [4.78, 5) is 0. The van der Waals surface area contributed by atoms with E-state index in [1.807, 2.05) is 0 Å². The minimum absolute atomic E-state index is 0.647. The average Bonchev–Trinajstić information content (AvgIpc) is 2.25. The molecular weight excluding hydrogens is 194 g/mol. The Morgan fingerprint density at radius 1 is 1.19 bits per heavy atom. The van der Waals surface area contributed by atoms with Gasteiger partial charge in [-0.15, -0.1) is 6.58 Å². The van der Waals surface area contributed by atoms with E-state index in [-0.39, 0.29) is 0 Å². The molecule has 0 aromatic carbocycles. The van der Waals surface area contributed by atoms with Gasteiger partial charge < -0.3 is 5.32 Å². The second kappa shape index (κ2) is 9.89. The van der Waals surface area contributed by atoms with Crippen molar-refractivity contribution in [2.24, 2.45) is 5.92 Å². The fourth-order valence-corrected chi connectivity index (χ4v) is 2.27. The van der Waals surface area contributed by atoms with E-state index in [1.165, 1.54) is 37.7 Å². The van der Waals surface area contributed by atoms with Crippen molar-refractivity contribution < 1.29 is 0 Å². The third kappa shape index (κ3) is 7.05. The first kappa shape index (κ1) is 15.7. The first-order valence-electron chi connectivity index (χ1n) is 7.03. The molecule has 1 heteroatoms. The van der Waals surface area contributed by atoms with Gasteiger partial charge >= 0.3 is 0 Å². The van der Waals surface area contributed by atoms with Gasteiger partial charge in [0.05, 0.1) is 0 Å². The molecule has 1 N–H and O–H groups in total. The van der Waals surface area contributed by atoms with Crippen molar-refractivity contribution in [2.75, 3.05) is 6.54 Å². The molecule has 0 aliphatic heterocycles. The van der Waals surface area contributed by atoms with Gasteiger partial charge in [0.25, 0.3) is 0 Å². The third-order valence-electron chi connectivity index (χ3n) is 3.25. The molecule has 2 atom stereocenters. The standard InChI is InChI=1S/C15H31N/c1-6-9-10-14(8-3)15(12-13(4)5)16-11-7-2/h14-16H,4,6-12H2,1-3,5H3. The highest BCUT2D eigenvalue weighted by Crippen LogP contribution is 2.21. The third-order valence-corrected chi connectivity index (χ3v) is 3.25. The Bertz CT molecular complexity index is 174. The normalized spacial score (nSPS) is 14.8. The van der Waals surface area contributed by atoms with Gasteiger partial charge in [-0.2, -0.15) is 0 Å². The highest BCUT2D eigenvalue weighted by Gasteiger charge is 2.18. The second-order valence-electron chi connectivity index (χ2n) is 5.03. The van der Waals surface area contributed by atoms with Gasteiger partial charge in [0.1, 0.15) is 0 Å². The van der Waals surface area contributed by atoms with E-state index >= 15 is 0 Å². The van der Waals surface area contributed by atoms with E-state index in [0.29, 0.717) is 6.04 Å². The van der Waals surface area contributed by atoms with Gasteiger partial charge in [-0.05, 0) is 38.6 Å². The van der Waals surface area contributed by atoms with Crippen LogP contribution in [0.25, 0.3) is 0 Å². The molecule has 0 saturated carbocycles. The van der Waals surface area contributed by atoms with Crippen LogP contribution < -0.4 is 5.32 Å². The van der Waals surface area contributed by atoms with Crippen molar-refractivity contribution in [3.8, 4) is 0 Å². The van der Waals surface area contributed by atoms with Crippen LogP contribution in [-0.4, -0.2) is 12.6 Å². The van der Waals surface area contributed by atoms with Gasteiger partial charge in [-0.25, -0.2) is 0 Å². The first-order chi connectivity index (χ1) is 7.65. The molecule has 0 heterocycles. The number of rotatable bonds is 10. The minimum atomic E-state index is 0.647. The molecule has 0 aliphatic rings. The highest BCUT2D eigenvalue weighted by atomic mass is 14.9. The molecule has 16 heavy (non-hydrogen) atoms. The Kier molecular flexibility index (Phi) is 9.71. The van der Waals surface area contributed by atoms with E-state index < -0.39 is 0 Å². The van der Waals surface area contributed by atoms with Crippen LogP contribution >= 0.6 is 0 Å². The lowest BCUT2D eigenvalue weighted by Gasteiger charge is -2.27. The van der Waals surface area contributed by atoms with E-state index in [9.17, 15) is 0 Å². The van der Waals surface area contributed by atoms with Crippen molar-refractivity contribution in [1.82, 2.24) is 5.32 Å². The Balaban J connectivity index is 4.23. The van der Waals surface area contributed by atoms with Crippen molar-refractivity contribution in [1.29, 1.82) is 0 Å². The summed E-state index contributed by atoms with van der Waals surface area (Å²) >= 11 is 0. The Labute approximate surface area is 103 Å². The molecule has 0 bridgehead atoms. The zero-order chi connectivity index (χ0) is 12.4. The van der Waals surface area contributed by atoms with Gasteiger partial charge in [-0.1, -0.05) is 45.6 Å². The lowest BCUT2D eigenvalue weighted by Crippen LogP contribution is -2.36. The SMILES string of the molecule is C=C(C)CC(NCCC)C(CC)CCCC. The van der Waals surface area contributed by atoms with Gasteiger partial charge in [0.2, 0.25) is 0 Å². The summed E-state index contributed by atoms with van der Waals surface area (Å²) in [7, 11) is 0. The van der Waals surface area contributed by atoms with Gasteiger partial charge in [-0.3, -0.25) is 0 Å². The van der Waals surface area contributed by atoms with Gasteiger partial charge in [0.15, 0.2) is 0 Å². The van der Waals surface area contributed by atoms with Crippen LogP contribution in [0, 0.1) is 5.92 Å². The van der Waals surface area contributed by atoms with Crippen LogP contribution in [-0.2, 0) is 0 Å². The van der Waals surface area contributed by atoms with Crippen molar-refractivity contribution in [2.45, 2.75) is 72.3 Å². The highest BCUT2D eigenvalue weighted by molar-refractivity contribution is 4.94. The summed E-state index contributed by atoms with van der Waals surface area (Å²) in [6, 6.07) is 0.647. The average molecular weight is 225 g/mol. The molecule has 0 aliphatic carbocycles. The summed E-state index contributed by atoms with van der Waals surface area (Å²) in [6.07, 6.45) is 7.68. The number of unbranched alkanes of at least 4 members (excludes halogenated alkanes) is 1. The fourth-order valence-electron chi connectivity index (χ4n) is 2.27. The maximum Gasteiger partial charge on any atom is 0.0132 e. The molecule has 0 saturated heterocycles. The summed E-state index contributed by atoms with van der Waals surface area (Å²) < 4.78 is 0. The molecule has 0 spiro atoms. The quantitative estimate of drug-likeness (QED) is 0.538. The predicted molar refractivity (Wildman–Crippen MR) is 74.8 cm³/mol. The molecule has 96 valence electrons. The molecule has 0 aromatic heterocycles. The molecule has 0 radical (unpaired) electrons. The zero-order valence-corrected chi connectivity index (χ0v) is 11.8. The molecule has 2 unspecified atom stereocenters. The van der Waals surface area contributed by atoms with E-state index in [4.69, 9.17) is 0 Å². The Hall–Kier alpha value is -0.300. The lowest BCUT2D eigenvalue weighted by molar-refractivity contribution is 0.315. The van der Waals surface area contributed by atoms with Crippen LogP contribution in [0.2, 0.25) is 0 Å². The predicted octanol–water partition coefficient (Wildman–Crippen LogP) is 4.54. The largest absolute Gasteiger partial charge is 0.313 e. The second-order valence-corrected chi connectivity index (χ2v) is 5.03. The molecule has 0 aromatic rings. The summed E-state index contributed by atoms with van der Waals surface area (Å²) in [5, 5.41) is 3.70. The van der Waals surface area contributed by atoms with E-state index in [0.717, 1.165) is 18.9 Å². The number of hydrogen-bond donors (Lipinski definition) is 1. The van der Waals surface area contributed by atoms with E-state index in [2.05, 4.69) is 39.6 Å². The van der Waals surface area contributed by atoms with Crippen molar-refractivity contribution in [3.63, 3.8) is 0 Å². The van der Waals surface area contributed by atoms with Crippen LogP contribution in [0.4, 0.5) is 0 Å². The summed E-state index contributed by atoms with van der Waals surface area (Å²) in [6.45, 7) is 14.2.